The van der Waals surface area contributed by atoms with Crippen LogP contribution in [0.25, 0.3) is 5.69 Å². The van der Waals surface area contributed by atoms with Crippen molar-refractivity contribution in [3.8, 4) is 5.69 Å². The summed E-state index contributed by atoms with van der Waals surface area (Å²) in [6, 6.07) is 9.55. The van der Waals surface area contributed by atoms with Crippen LogP contribution < -0.4 is 16.2 Å². The number of amides is 3. The number of benzene rings is 1. The number of aryl methyl sites for hydroxylation is 1. The Bertz CT molecular complexity index is 833. The maximum Gasteiger partial charge on any atom is 0.327 e. The average Bonchev–Trinajstić information content (AvgIpc) is 2.92. The van der Waals surface area contributed by atoms with E-state index < -0.39 is 17.7 Å². The van der Waals surface area contributed by atoms with Crippen LogP contribution in [0, 0.1) is 13.8 Å². The number of nitrogens with zero attached hydrogens (tertiary/aromatic N) is 2. The molecule has 3 N–H and O–H groups in total. The zero-order valence-corrected chi connectivity index (χ0v) is 16.5. The molecular weight excluding hydrogens is 366 g/mol. The molecule has 1 aromatic heterocycles. The highest BCUT2D eigenvalue weighted by Gasteiger charge is 2.17. The highest BCUT2D eigenvalue weighted by atomic mass is 32.2. The van der Waals surface area contributed by atoms with Crippen molar-refractivity contribution in [3.63, 3.8) is 0 Å². The first kappa shape index (κ1) is 20.5. The molecule has 1 heterocycles. The van der Waals surface area contributed by atoms with E-state index in [0.29, 0.717) is 0 Å². The van der Waals surface area contributed by atoms with E-state index in [9.17, 15) is 14.4 Å². The van der Waals surface area contributed by atoms with Gasteiger partial charge in [-0.05, 0) is 39.8 Å². The van der Waals surface area contributed by atoms with Crippen molar-refractivity contribution in [1.82, 2.24) is 25.9 Å². The lowest BCUT2D eigenvalue weighted by molar-refractivity contribution is -0.141. The summed E-state index contributed by atoms with van der Waals surface area (Å²) >= 11 is 1.32. The number of para-hydroxylation sites is 1. The fraction of sp³-hybridized carbons (Fsp3) is 0.333. The zero-order valence-electron chi connectivity index (χ0n) is 15.7. The first-order valence-corrected chi connectivity index (χ1v) is 9.42. The molecule has 8 nitrogen and oxygen atoms in total. The largest absolute Gasteiger partial charge is 0.346 e. The van der Waals surface area contributed by atoms with Crippen LogP contribution in [0.3, 0.4) is 0 Å². The number of hydrogen-bond acceptors (Lipinski definition) is 5. The second kappa shape index (κ2) is 9.22. The smallest absolute Gasteiger partial charge is 0.327 e. The van der Waals surface area contributed by atoms with Crippen molar-refractivity contribution >= 4 is 29.5 Å². The number of thioether (sulfide) groups is 1. The van der Waals surface area contributed by atoms with Gasteiger partial charge in [0.25, 0.3) is 0 Å². The Morgan fingerprint density at radius 3 is 2.37 bits per heavy atom. The summed E-state index contributed by atoms with van der Waals surface area (Å²) in [6.07, 6.45) is 0. The Morgan fingerprint density at radius 2 is 1.74 bits per heavy atom. The van der Waals surface area contributed by atoms with Crippen LogP contribution in [0.1, 0.15) is 25.2 Å². The fourth-order valence-electron chi connectivity index (χ4n) is 2.34. The van der Waals surface area contributed by atoms with Gasteiger partial charge in [0.15, 0.2) is 0 Å². The van der Waals surface area contributed by atoms with Gasteiger partial charge < -0.3 is 5.32 Å². The normalized spacial score (nSPS) is 10.6. The summed E-state index contributed by atoms with van der Waals surface area (Å²) in [7, 11) is 0. The average molecular weight is 389 g/mol. The summed E-state index contributed by atoms with van der Waals surface area (Å²) in [4.78, 5) is 35.9. The molecule has 0 saturated carbocycles. The van der Waals surface area contributed by atoms with Crippen LogP contribution in [0.15, 0.2) is 35.2 Å². The van der Waals surface area contributed by atoms with E-state index in [0.717, 1.165) is 22.0 Å². The molecule has 1 aromatic carbocycles. The van der Waals surface area contributed by atoms with Gasteiger partial charge in [-0.3, -0.25) is 25.2 Å². The molecule has 0 atom stereocenters. The summed E-state index contributed by atoms with van der Waals surface area (Å²) in [5.41, 5.74) is 7.02. The summed E-state index contributed by atoms with van der Waals surface area (Å²) in [6.45, 7) is 7.29. The maximum absolute atomic E-state index is 12.0. The van der Waals surface area contributed by atoms with Crippen molar-refractivity contribution in [2.24, 2.45) is 0 Å². The van der Waals surface area contributed by atoms with Crippen molar-refractivity contribution in [1.29, 1.82) is 0 Å². The summed E-state index contributed by atoms with van der Waals surface area (Å²) in [5.74, 6) is -2.05. The number of carbonyl (C=O) groups is 3. The molecule has 0 aliphatic heterocycles. The molecule has 0 aliphatic rings. The van der Waals surface area contributed by atoms with Gasteiger partial charge in [0.2, 0.25) is 5.91 Å². The van der Waals surface area contributed by atoms with Crippen LogP contribution in [0.2, 0.25) is 0 Å². The molecule has 0 bridgehead atoms. The van der Waals surface area contributed by atoms with E-state index in [1.807, 2.05) is 48.9 Å². The van der Waals surface area contributed by atoms with Gasteiger partial charge >= 0.3 is 11.8 Å². The van der Waals surface area contributed by atoms with E-state index in [1.54, 1.807) is 13.8 Å². The predicted molar refractivity (Wildman–Crippen MR) is 103 cm³/mol. The van der Waals surface area contributed by atoms with Crippen molar-refractivity contribution < 1.29 is 14.4 Å². The maximum atomic E-state index is 12.0. The number of aromatic nitrogens is 2. The molecule has 9 heteroatoms. The SMILES string of the molecule is Cc1nn(-c2ccccc2)c(C)c1SCC(=O)NNC(=O)C(=O)NC(C)C. The number of carbonyl (C=O) groups excluding carboxylic acids is 3. The molecule has 0 saturated heterocycles. The van der Waals surface area contributed by atoms with E-state index in [4.69, 9.17) is 0 Å². The lowest BCUT2D eigenvalue weighted by atomic mass is 10.3. The third kappa shape index (κ3) is 5.58. The quantitative estimate of drug-likeness (QED) is 0.406. The van der Waals surface area contributed by atoms with Gasteiger partial charge in [0.1, 0.15) is 0 Å². The minimum atomic E-state index is -0.911. The van der Waals surface area contributed by atoms with Gasteiger partial charge in [-0.25, -0.2) is 4.68 Å². The molecule has 27 heavy (non-hydrogen) atoms. The van der Waals surface area contributed by atoms with E-state index in [2.05, 4.69) is 21.3 Å². The number of hydrogen-bond donors (Lipinski definition) is 3. The van der Waals surface area contributed by atoms with Crippen molar-refractivity contribution in [2.45, 2.75) is 38.6 Å². The second-order valence-corrected chi connectivity index (χ2v) is 7.15. The molecule has 2 rings (SSSR count). The minimum Gasteiger partial charge on any atom is -0.346 e. The van der Waals surface area contributed by atoms with Crippen molar-refractivity contribution in [2.75, 3.05) is 5.75 Å². The summed E-state index contributed by atoms with van der Waals surface area (Å²) < 4.78 is 1.83. The van der Waals surface area contributed by atoms with Gasteiger partial charge in [0.05, 0.1) is 27.7 Å². The number of hydrazine groups is 1. The highest BCUT2D eigenvalue weighted by Crippen LogP contribution is 2.27. The van der Waals surface area contributed by atoms with Crippen LogP contribution in [0.5, 0.6) is 0 Å². The van der Waals surface area contributed by atoms with E-state index >= 15 is 0 Å². The molecular formula is C18H23N5O3S. The standard InChI is InChI=1S/C18H23N5O3S/c1-11(2)19-17(25)18(26)21-20-15(24)10-27-16-12(3)22-23(13(16)4)14-8-6-5-7-9-14/h5-9,11H,10H2,1-4H3,(H,19,25)(H,20,24)(H,21,26). The molecule has 0 fully saturated rings. The zero-order chi connectivity index (χ0) is 20.0. The lowest BCUT2D eigenvalue weighted by Crippen LogP contribution is -2.50. The minimum absolute atomic E-state index is 0.0776. The molecule has 144 valence electrons. The van der Waals surface area contributed by atoms with Gasteiger partial charge in [-0.1, -0.05) is 18.2 Å². The van der Waals surface area contributed by atoms with E-state index in [1.165, 1.54) is 11.8 Å². The number of nitrogens with one attached hydrogen (secondary N) is 3. The van der Waals surface area contributed by atoms with Crippen LogP contribution in [-0.2, 0) is 14.4 Å². The van der Waals surface area contributed by atoms with Crippen LogP contribution in [0.4, 0.5) is 0 Å². The molecule has 0 radical (unpaired) electrons. The molecule has 0 spiro atoms. The van der Waals surface area contributed by atoms with Crippen molar-refractivity contribution in [3.05, 3.63) is 41.7 Å². The second-order valence-electron chi connectivity index (χ2n) is 6.17. The van der Waals surface area contributed by atoms with E-state index in [-0.39, 0.29) is 11.8 Å². The van der Waals surface area contributed by atoms with Gasteiger partial charge in [0, 0.05) is 6.04 Å². The Labute approximate surface area is 162 Å². The monoisotopic (exact) mass is 389 g/mol. The third-order valence-corrected chi connectivity index (χ3v) is 4.80. The Balaban J connectivity index is 1.91. The first-order valence-electron chi connectivity index (χ1n) is 8.43. The van der Waals surface area contributed by atoms with Crippen LogP contribution in [-0.4, -0.2) is 39.3 Å². The number of rotatable bonds is 5. The predicted octanol–water partition coefficient (Wildman–Crippen LogP) is 1.25. The Hall–Kier alpha value is -2.81. The summed E-state index contributed by atoms with van der Waals surface area (Å²) in [5, 5.41) is 6.96. The Morgan fingerprint density at radius 1 is 1.07 bits per heavy atom. The highest BCUT2D eigenvalue weighted by molar-refractivity contribution is 8.00. The molecule has 2 aromatic rings. The molecule has 0 aliphatic carbocycles. The van der Waals surface area contributed by atoms with Gasteiger partial charge in [-0.15, -0.1) is 11.8 Å². The Kier molecular flexibility index (Phi) is 7.00. The molecule has 3 amide bonds. The first-order chi connectivity index (χ1) is 12.8. The van der Waals surface area contributed by atoms with Gasteiger partial charge in [-0.2, -0.15) is 5.10 Å². The fourth-order valence-corrected chi connectivity index (χ4v) is 3.24. The van der Waals surface area contributed by atoms with Crippen LogP contribution >= 0.6 is 11.8 Å². The molecule has 0 unspecified atom stereocenters. The topological polar surface area (TPSA) is 105 Å². The third-order valence-electron chi connectivity index (χ3n) is 3.51. The lowest BCUT2D eigenvalue weighted by Gasteiger charge is -2.09.